The van der Waals surface area contributed by atoms with Crippen LogP contribution in [0.4, 0.5) is 0 Å². The first-order chi connectivity index (χ1) is 7.72. The fourth-order valence-electron chi connectivity index (χ4n) is 1.24. The number of aryl methyl sites for hydroxylation is 2. The zero-order valence-electron chi connectivity index (χ0n) is 8.67. The minimum absolute atomic E-state index is 0.660. The predicted octanol–water partition coefficient (Wildman–Crippen LogP) is 4.40. The summed E-state index contributed by atoms with van der Waals surface area (Å²) in [4.78, 5) is 1.02. The van der Waals surface area contributed by atoms with Gasteiger partial charge in [0.15, 0.2) is 5.01 Å². The standard InChI is InChI=1S/C10H10Cl2N2S2/c1-6-5-15-9(8(6)12)10-14-13-7(16-10)3-2-4-11/h5H,2-4H2,1H3. The summed E-state index contributed by atoms with van der Waals surface area (Å²) < 4.78 is 0. The molecule has 16 heavy (non-hydrogen) atoms. The van der Waals surface area contributed by atoms with Gasteiger partial charge in [-0.2, -0.15) is 0 Å². The summed E-state index contributed by atoms with van der Waals surface area (Å²) in [6.45, 7) is 2.00. The van der Waals surface area contributed by atoms with Crippen LogP contribution in [0.5, 0.6) is 0 Å². The third-order valence-electron chi connectivity index (χ3n) is 2.08. The Balaban J connectivity index is 2.21. The van der Waals surface area contributed by atoms with Crippen LogP contribution in [0.2, 0.25) is 5.02 Å². The van der Waals surface area contributed by atoms with Gasteiger partial charge in [-0.1, -0.05) is 22.9 Å². The van der Waals surface area contributed by atoms with E-state index in [9.17, 15) is 0 Å². The van der Waals surface area contributed by atoms with Gasteiger partial charge in [-0.05, 0) is 24.3 Å². The number of thiophene rings is 1. The van der Waals surface area contributed by atoms with Crippen LogP contribution in [-0.2, 0) is 6.42 Å². The molecule has 0 bridgehead atoms. The van der Waals surface area contributed by atoms with Crippen molar-refractivity contribution < 1.29 is 0 Å². The van der Waals surface area contributed by atoms with Crippen LogP contribution in [0.25, 0.3) is 9.88 Å². The Morgan fingerprint density at radius 3 is 2.81 bits per heavy atom. The van der Waals surface area contributed by atoms with E-state index in [4.69, 9.17) is 23.2 Å². The van der Waals surface area contributed by atoms with Crippen molar-refractivity contribution in [3.05, 3.63) is 21.0 Å². The van der Waals surface area contributed by atoms with Crippen LogP contribution >= 0.6 is 45.9 Å². The Morgan fingerprint density at radius 1 is 1.38 bits per heavy atom. The van der Waals surface area contributed by atoms with E-state index >= 15 is 0 Å². The lowest BCUT2D eigenvalue weighted by molar-refractivity contribution is 0.884. The number of rotatable bonds is 4. The largest absolute Gasteiger partial charge is 0.159 e. The second-order valence-electron chi connectivity index (χ2n) is 3.36. The molecule has 2 aromatic rings. The molecule has 0 aromatic carbocycles. The van der Waals surface area contributed by atoms with Gasteiger partial charge in [-0.3, -0.25) is 0 Å². The van der Waals surface area contributed by atoms with Crippen LogP contribution in [0.15, 0.2) is 5.38 Å². The van der Waals surface area contributed by atoms with Crippen molar-refractivity contribution in [3.63, 3.8) is 0 Å². The van der Waals surface area contributed by atoms with E-state index in [1.54, 1.807) is 22.7 Å². The van der Waals surface area contributed by atoms with Crippen molar-refractivity contribution in [1.29, 1.82) is 0 Å². The molecule has 2 rings (SSSR count). The van der Waals surface area contributed by atoms with Gasteiger partial charge in [0.25, 0.3) is 0 Å². The molecule has 0 amide bonds. The van der Waals surface area contributed by atoms with Gasteiger partial charge in [0, 0.05) is 12.3 Å². The van der Waals surface area contributed by atoms with Crippen molar-refractivity contribution >= 4 is 45.9 Å². The van der Waals surface area contributed by atoms with E-state index in [1.165, 1.54) is 0 Å². The van der Waals surface area contributed by atoms with E-state index < -0.39 is 0 Å². The molecule has 0 saturated heterocycles. The topological polar surface area (TPSA) is 25.8 Å². The molecule has 0 aliphatic rings. The average Bonchev–Trinajstić information content (AvgIpc) is 2.85. The molecule has 0 spiro atoms. The molecule has 0 fully saturated rings. The molecule has 2 aromatic heterocycles. The molecule has 2 nitrogen and oxygen atoms in total. The molecule has 0 aliphatic heterocycles. The number of hydrogen-bond acceptors (Lipinski definition) is 4. The monoisotopic (exact) mass is 292 g/mol. The minimum Gasteiger partial charge on any atom is -0.143 e. The van der Waals surface area contributed by atoms with Crippen LogP contribution < -0.4 is 0 Å². The third-order valence-corrected chi connectivity index (χ3v) is 5.19. The molecule has 0 N–H and O–H groups in total. The first kappa shape index (κ1) is 12.3. The van der Waals surface area contributed by atoms with Gasteiger partial charge < -0.3 is 0 Å². The van der Waals surface area contributed by atoms with E-state index in [0.29, 0.717) is 5.88 Å². The second-order valence-corrected chi connectivity index (χ2v) is 6.05. The maximum atomic E-state index is 6.19. The van der Waals surface area contributed by atoms with Gasteiger partial charge in [0.05, 0.1) is 9.90 Å². The van der Waals surface area contributed by atoms with Gasteiger partial charge in [-0.25, -0.2) is 0 Å². The van der Waals surface area contributed by atoms with Crippen LogP contribution in [0.3, 0.4) is 0 Å². The van der Waals surface area contributed by atoms with E-state index in [-0.39, 0.29) is 0 Å². The Hall–Kier alpha value is -0.160. The van der Waals surface area contributed by atoms with Crippen molar-refractivity contribution in [2.75, 3.05) is 5.88 Å². The van der Waals surface area contributed by atoms with Crippen molar-refractivity contribution in [2.24, 2.45) is 0 Å². The summed E-state index contributed by atoms with van der Waals surface area (Å²) in [6, 6.07) is 0. The van der Waals surface area contributed by atoms with Crippen LogP contribution in [-0.4, -0.2) is 16.1 Å². The fourth-order valence-corrected chi connectivity index (χ4v) is 3.69. The van der Waals surface area contributed by atoms with Crippen LogP contribution in [0.1, 0.15) is 17.0 Å². The summed E-state index contributed by atoms with van der Waals surface area (Å²) >= 11 is 15.0. The Kier molecular flexibility index (Phi) is 4.19. The zero-order chi connectivity index (χ0) is 11.5. The first-order valence-electron chi connectivity index (χ1n) is 4.84. The average molecular weight is 293 g/mol. The Bertz CT molecular complexity index is 479. The van der Waals surface area contributed by atoms with Crippen molar-refractivity contribution in [1.82, 2.24) is 10.2 Å². The number of aromatic nitrogens is 2. The number of alkyl halides is 1. The maximum Gasteiger partial charge on any atom is 0.159 e. The lowest BCUT2D eigenvalue weighted by Gasteiger charge is -1.91. The quantitative estimate of drug-likeness (QED) is 0.781. The Labute approximate surface area is 112 Å². The third kappa shape index (κ3) is 2.56. The van der Waals surface area contributed by atoms with E-state index in [1.807, 2.05) is 12.3 Å². The highest BCUT2D eigenvalue weighted by atomic mass is 35.5. The molecule has 0 saturated carbocycles. The van der Waals surface area contributed by atoms with Crippen LogP contribution in [0, 0.1) is 6.92 Å². The minimum atomic E-state index is 0.660. The zero-order valence-corrected chi connectivity index (χ0v) is 11.8. The summed E-state index contributed by atoms with van der Waals surface area (Å²) in [6.07, 6.45) is 1.83. The molecular weight excluding hydrogens is 283 g/mol. The summed E-state index contributed by atoms with van der Waals surface area (Å²) in [5.74, 6) is 0.660. The first-order valence-corrected chi connectivity index (χ1v) is 7.45. The molecule has 0 aliphatic carbocycles. The van der Waals surface area contributed by atoms with E-state index in [2.05, 4.69) is 10.2 Å². The lowest BCUT2D eigenvalue weighted by atomic mass is 10.3. The molecule has 0 unspecified atom stereocenters. The lowest BCUT2D eigenvalue weighted by Crippen LogP contribution is -1.84. The van der Waals surface area contributed by atoms with Gasteiger partial charge in [-0.15, -0.1) is 33.1 Å². The summed E-state index contributed by atoms with van der Waals surface area (Å²) in [5.41, 5.74) is 1.10. The summed E-state index contributed by atoms with van der Waals surface area (Å²) in [5, 5.41) is 13.1. The number of halogens is 2. The SMILES string of the molecule is Cc1csc(-c2nnc(CCCCl)s2)c1Cl. The highest BCUT2D eigenvalue weighted by molar-refractivity contribution is 7.21. The normalized spacial score (nSPS) is 10.9. The highest BCUT2D eigenvalue weighted by Gasteiger charge is 2.13. The van der Waals surface area contributed by atoms with Gasteiger partial charge in [0.2, 0.25) is 0 Å². The fraction of sp³-hybridized carbons (Fsp3) is 0.400. The number of hydrogen-bond donors (Lipinski definition) is 0. The smallest absolute Gasteiger partial charge is 0.143 e. The maximum absolute atomic E-state index is 6.19. The van der Waals surface area contributed by atoms with Gasteiger partial charge in [0.1, 0.15) is 5.01 Å². The Morgan fingerprint density at radius 2 is 2.19 bits per heavy atom. The summed E-state index contributed by atoms with van der Waals surface area (Å²) in [7, 11) is 0. The van der Waals surface area contributed by atoms with E-state index in [0.717, 1.165) is 38.3 Å². The molecule has 2 heterocycles. The molecule has 86 valence electrons. The number of nitrogens with zero attached hydrogens (tertiary/aromatic N) is 2. The van der Waals surface area contributed by atoms with Crippen molar-refractivity contribution in [3.8, 4) is 9.88 Å². The molecule has 0 radical (unpaired) electrons. The van der Waals surface area contributed by atoms with Gasteiger partial charge >= 0.3 is 0 Å². The molecule has 0 atom stereocenters. The molecule has 6 heteroatoms. The predicted molar refractivity (Wildman–Crippen MR) is 72.0 cm³/mol. The molecular formula is C10H10Cl2N2S2. The van der Waals surface area contributed by atoms with Crippen molar-refractivity contribution in [2.45, 2.75) is 19.8 Å². The highest BCUT2D eigenvalue weighted by Crippen LogP contribution is 2.37. The second kappa shape index (κ2) is 5.45.